The molecule has 2 amide bonds. The van der Waals surface area contributed by atoms with E-state index in [1.165, 1.54) is 11.1 Å². The second-order valence-corrected chi connectivity index (χ2v) is 8.60. The minimum absolute atomic E-state index is 0.168. The number of carbonyl (C=O) groups is 1. The molecular weight excluding hydrogens is 410 g/mol. The molecule has 0 aliphatic carbocycles. The minimum atomic E-state index is -0.686. The van der Waals surface area contributed by atoms with Crippen LogP contribution in [0.4, 0.5) is 4.79 Å². The fourth-order valence-corrected chi connectivity index (χ4v) is 4.55. The van der Waals surface area contributed by atoms with Crippen molar-refractivity contribution in [3.8, 4) is 6.07 Å². The van der Waals surface area contributed by atoms with E-state index in [9.17, 15) is 15.2 Å². The Bertz CT molecular complexity index is 1090. The number of urea groups is 1. The molecule has 33 heavy (non-hydrogen) atoms. The lowest BCUT2D eigenvalue weighted by Gasteiger charge is -2.44. The first-order valence-corrected chi connectivity index (χ1v) is 11.5. The van der Waals surface area contributed by atoms with E-state index in [0.717, 1.165) is 18.4 Å². The highest BCUT2D eigenvalue weighted by molar-refractivity contribution is 5.76. The third-order valence-corrected chi connectivity index (χ3v) is 6.34. The zero-order valence-corrected chi connectivity index (χ0v) is 18.6. The number of hydrogen-bond donors (Lipinski definition) is 2. The van der Waals surface area contributed by atoms with Gasteiger partial charge in [-0.15, -0.1) is 0 Å². The van der Waals surface area contributed by atoms with Crippen molar-refractivity contribution in [2.24, 2.45) is 0 Å². The highest BCUT2D eigenvalue weighted by Crippen LogP contribution is 2.25. The van der Waals surface area contributed by atoms with E-state index in [2.05, 4.69) is 35.7 Å². The molecule has 3 atom stereocenters. The first kappa shape index (κ1) is 22.6. The van der Waals surface area contributed by atoms with Gasteiger partial charge in [0.05, 0.1) is 29.8 Å². The van der Waals surface area contributed by atoms with Crippen molar-refractivity contribution in [2.75, 3.05) is 0 Å². The zero-order chi connectivity index (χ0) is 23.0. The Morgan fingerprint density at radius 1 is 0.848 bits per heavy atom. The number of rotatable bonds is 8. The number of hydrogen-bond acceptors (Lipinski definition) is 3. The quantitative estimate of drug-likeness (QED) is 0.545. The number of nitrogens with zero attached hydrogens (tertiary/aromatic N) is 2. The molecule has 1 heterocycles. The maximum absolute atomic E-state index is 13.2. The fourth-order valence-electron chi connectivity index (χ4n) is 4.55. The van der Waals surface area contributed by atoms with E-state index >= 15 is 0 Å². The maximum Gasteiger partial charge on any atom is 0.318 e. The van der Waals surface area contributed by atoms with Gasteiger partial charge in [-0.2, -0.15) is 5.26 Å². The van der Waals surface area contributed by atoms with E-state index < -0.39 is 6.10 Å². The van der Waals surface area contributed by atoms with Gasteiger partial charge in [0.2, 0.25) is 0 Å². The molecule has 0 bridgehead atoms. The van der Waals surface area contributed by atoms with Gasteiger partial charge >= 0.3 is 6.03 Å². The van der Waals surface area contributed by atoms with Crippen molar-refractivity contribution in [3.05, 3.63) is 107 Å². The Hall–Kier alpha value is -3.62. The summed E-state index contributed by atoms with van der Waals surface area (Å²) >= 11 is 0. The Morgan fingerprint density at radius 2 is 1.45 bits per heavy atom. The summed E-state index contributed by atoms with van der Waals surface area (Å²) in [6.45, 7) is 0.350. The molecule has 0 radical (unpaired) electrons. The lowest BCUT2D eigenvalue weighted by molar-refractivity contribution is 0.00659. The number of nitrogens with one attached hydrogen (secondary N) is 1. The summed E-state index contributed by atoms with van der Waals surface area (Å²) in [6.07, 6.45) is 2.22. The van der Waals surface area contributed by atoms with Gasteiger partial charge in [-0.3, -0.25) is 0 Å². The van der Waals surface area contributed by atoms with Gasteiger partial charge in [-0.25, -0.2) is 4.79 Å². The zero-order valence-electron chi connectivity index (χ0n) is 18.6. The molecular formula is C28H29N3O2. The average Bonchev–Trinajstić information content (AvgIpc) is 2.86. The highest BCUT2D eigenvalue weighted by atomic mass is 16.3. The molecule has 1 aliphatic rings. The Morgan fingerprint density at radius 3 is 2.09 bits per heavy atom. The topological polar surface area (TPSA) is 76.4 Å². The number of aliphatic hydroxyl groups excluding tert-OH is 1. The molecule has 0 saturated carbocycles. The third-order valence-electron chi connectivity index (χ3n) is 6.34. The normalized spacial score (nSPS) is 20.2. The molecule has 1 fully saturated rings. The lowest BCUT2D eigenvalue weighted by Crippen LogP contribution is -2.64. The Kier molecular flexibility index (Phi) is 7.39. The van der Waals surface area contributed by atoms with Crippen molar-refractivity contribution < 1.29 is 9.90 Å². The van der Waals surface area contributed by atoms with Gasteiger partial charge in [-0.1, -0.05) is 72.8 Å². The summed E-state index contributed by atoms with van der Waals surface area (Å²) in [5, 5.41) is 23.6. The second kappa shape index (κ2) is 10.8. The SMILES string of the molecule is N#Cc1cccc(CN2C(=O)N[C@H](CCc3ccccc3)[C@@H](O)[C@H]2CCc2ccccc2)c1. The predicted molar refractivity (Wildman–Crippen MR) is 128 cm³/mol. The van der Waals surface area contributed by atoms with Crippen LogP contribution in [0.2, 0.25) is 0 Å². The second-order valence-electron chi connectivity index (χ2n) is 8.60. The van der Waals surface area contributed by atoms with Crippen molar-refractivity contribution in [1.82, 2.24) is 10.2 Å². The number of carbonyl (C=O) groups excluding carboxylic acids is 1. The van der Waals surface area contributed by atoms with Crippen LogP contribution in [0, 0.1) is 11.3 Å². The number of amides is 2. The first-order chi connectivity index (χ1) is 16.1. The standard InChI is InChI=1S/C28H29N3O2/c29-19-23-12-7-13-24(18-23)20-31-26(17-15-22-10-5-2-6-11-22)27(32)25(30-28(31)33)16-14-21-8-3-1-4-9-21/h1-13,18,25-27,32H,14-17,20H2,(H,30,33)/t25-,26-,27-/m1/s1. The van der Waals surface area contributed by atoms with Gasteiger partial charge in [0.15, 0.2) is 0 Å². The molecule has 0 aromatic heterocycles. The number of nitriles is 1. The largest absolute Gasteiger partial charge is 0.389 e. The number of aryl methyl sites for hydroxylation is 2. The molecule has 168 valence electrons. The van der Waals surface area contributed by atoms with Crippen LogP contribution in [0.5, 0.6) is 0 Å². The van der Waals surface area contributed by atoms with Gasteiger partial charge < -0.3 is 15.3 Å². The maximum atomic E-state index is 13.2. The predicted octanol–water partition coefficient (Wildman–Crippen LogP) is 4.45. The molecule has 0 unspecified atom stereocenters. The molecule has 1 aliphatic heterocycles. The van der Waals surface area contributed by atoms with Crippen molar-refractivity contribution >= 4 is 6.03 Å². The van der Waals surface area contributed by atoms with Gasteiger partial charge in [0.1, 0.15) is 0 Å². The molecule has 0 spiro atoms. The van der Waals surface area contributed by atoms with Crippen molar-refractivity contribution in [2.45, 2.75) is 50.4 Å². The molecule has 5 heteroatoms. The molecule has 4 rings (SSSR count). The van der Waals surface area contributed by atoms with Crippen molar-refractivity contribution in [1.29, 1.82) is 5.26 Å². The highest BCUT2D eigenvalue weighted by Gasteiger charge is 2.40. The number of benzene rings is 3. The molecule has 3 aromatic carbocycles. The van der Waals surface area contributed by atoms with Crippen LogP contribution in [0.15, 0.2) is 84.9 Å². The van der Waals surface area contributed by atoms with Gasteiger partial charge in [-0.05, 0) is 54.5 Å². The molecule has 1 saturated heterocycles. The van der Waals surface area contributed by atoms with E-state index in [-0.39, 0.29) is 18.1 Å². The van der Waals surface area contributed by atoms with E-state index in [1.54, 1.807) is 17.0 Å². The summed E-state index contributed by atoms with van der Waals surface area (Å²) in [5.41, 5.74) is 3.81. The van der Waals surface area contributed by atoms with E-state index in [4.69, 9.17) is 0 Å². The molecule has 5 nitrogen and oxygen atoms in total. The van der Waals surface area contributed by atoms with Crippen LogP contribution in [0.3, 0.4) is 0 Å². The van der Waals surface area contributed by atoms with Crippen LogP contribution in [0.25, 0.3) is 0 Å². The smallest absolute Gasteiger partial charge is 0.318 e. The Labute approximate surface area is 195 Å². The van der Waals surface area contributed by atoms with Crippen LogP contribution in [-0.2, 0) is 19.4 Å². The third kappa shape index (κ3) is 5.79. The minimum Gasteiger partial charge on any atom is -0.389 e. The lowest BCUT2D eigenvalue weighted by atomic mass is 9.90. The monoisotopic (exact) mass is 439 g/mol. The van der Waals surface area contributed by atoms with Crippen molar-refractivity contribution in [3.63, 3.8) is 0 Å². The Balaban J connectivity index is 1.52. The first-order valence-electron chi connectivity index (χ1n) is 11.5. The summed E-state index contributed by atoms with van der Waals surface area (Å²) in [4.78, 5) is 14.9. The summed E-state index contributed by atoms with van der Waals surface area (Å²) in [5.74, 6) is 0. The van der Waals surface area contributed by atoms with Crippen LogP contribution < -0.4 is 5.32 Å². The summed E-state index contributed by atoms with van der Waals surface area (Å²) < 4.78 is 0. The molecule has 3 aromatic rings. The fraction of sp³-hybridized carbons (Fsp3) is 0.286. The molecule has 2 N–H and O–H groups in total. The summed E-state index contributed by atoms with van der Waals surface area (Å²) in [7, 11) is 0. The van der Waals surface area contributed by atoms with Crippen LogP contribution in [0.1, 0.15) is 35.1 Å². The van der Waals surface area contributed by atoms with Crippen LogP contribution in [-0.4, -0.2) is 34.2 Å². The average molecular weight is 440 g/mol. The van der Waals surface area contributed by atoms with Gasteiger partial charge in [0, 0.05) is 6.54 Å². The summed E-state index contributed by atoms with van der Waals surface area (Å²) in [6, 6.07) is 28.9. The van der Waals surface area contributed by atoms with E-state index in [0.29, 0.717) is 24.9 Å². The number of aliphatic hydroxyl groups is 1. The van der Waals surface area contributed by atoms with E-state index in [1.807, 2.05) is 48.5 Å². The van der Waals surface area contributed by atoms with Crippen LogP contribution >= 0.6 is 0 Å². The van der Waals surface area contributed by atoms with Gasteiger partial charge in [0.25, 0.3) is 0 Å².